The molecule has 2 aromatic carbocycles. The number of rotatable bonds is 11. The Kier molecular flexibility index (Phi) is 10.6. The summed E-state index contributed by atoms with van der Waals surface area (Å²) in [7, 11) is 0. The van der Waals surface area contributed by atoms with Crippen LogP contribution in [0.1, 0.15) is 126 Å². The minimum atomic E-state index is -0.898. The van der Waals surface area contributed by atoms with Gasteiger partial charge in [0.15, 0.2) is 23.2 Å². The van der Waals surface area contributed by atoms with Gasteiger partial charge in [0.25, 0.3) is 0 Å². The zero-order valence-corrected chi connectivity index (χ0v) is 23.1. The zero-order chi connectivity index (χ0) is 27.1. The van der Waals surface area contributed by atoms with Gasteiger partial charge in [0.05, 0.1) is 6.61 Å². The predicted octanol–water partition coefficient (Wildman–Crippen LogP) is 10.4. The van der Waals surface area contributed by atoms with Gasteiger partial charge in [-0.15, -0.1) is 0 Å². The number of hydrogen-bond acceptors (Lipinski definition) is 1. The Morgan fingerprint density at radius 1 is 0.684 bits per heavy atom. The maximum Gasteiger partial charge on any atom is 0.200 e. The number of halogens is 4. The van der Waals surface area contributed by atoms with E-state index in [9.17, 15) is 8.78 Å². The minimum Gasteiger partial charge on any atom is -0.490 e. The first kappa shape index (κ1) is 29.0. The van der Waals surface area contributed by atoms with Crippen LogP contribution in [0.2, 0.25) is 0 Å². The highest BCUT2D eigenvalue weighted by atomic mass is 19.2. The first-order valence-electron chi connectivity index (χ1n) is 15.0. The lowest BCUT2D eigenvalue weighted by molar-refractivity contribution is 0.283. The third-order valence-electron chi connectivity index (χ3n) is 9.09. The van der Waals surface area contributed by atoms with Crippen molar-refractivity contribution in [2.75, 3.05) is 6.61 Å². The molecule has 2 fully saturated rings. The summed E-state index contributed by atoms with van der Waals surface area (Å²) >= 11 is 0. The summed E-state index contributed by atoms with van der Waals surface area (Å²) in [6.45, 7) is 4.74. The predicted molar refractivity (Wildman–Crippen MR) is 146 cm³/mol. The smallest absolute Gasteiger partial charge is 0.200 e. The van der Waals surface area contributed by atoms with Gasteiger partial charge in [-0.25, -0.2) is 13.2 Å². The third kappa shape index (κ3) is 7.12. The van der Waals surface area contributed by atoms with Crippen molar-refractivity contribution < 1.29 is 22.3 Å². The van der Waals surface area contributed by atoms with Crippen LogP contribution in [0.25, 0.3) is 0 Å². The van der Waals surface area contributed by atoms with E-state index in [0.29, 0.717) is 41.6 Å². The van der Waals surface area contributed by atoms with Gasteiger partial charge >= 0.3 is 0 Å². The van der Waals surface area contributed by atoms with Crippen LogP contribution in [0.3, 0.4) is 0 Å². The quantitative estimate of drug-likeness (QED) is 0.207. The van der Waals surface area contributed by atoms with Crippen molar-refractivity contribution in [3.63, 3.8) is 0 Å². The van der Waals surface area contributed by atoms with Crippen LogP contribution in [-0.4, -0.2) is 6.61 Å². The second-order valence-corrected chi connectivity index (χ2v) is 11.8. The Morgan fingerprint density at radius 2 is 1.29 bits per heavy atom. The summed E-state index contributed by atoms with van der Waals surface area (Å²) in [5.74, 6) is -1.83. The first-order chi connectivity index (χ1) is 18.4. The van der Waals surface area contributed by atoms with Crippen molar-refractivity contribution >= 4 is 0 Å². The highest BCUT2D eigenvalue weighted by Crippen LogP contribution is 2.42. The van der Waals surface area contributed by atoms with Crippen molar-refractivity contribution in [2.45, 2.75) is 116 Å². The molecule has 2 aliphatic rings. The lowest BCUT2D eigenvalue weighted by atomic mass is 9.75. The minimum absolute atomic E-state index is 0.0124. The Morgan fingerprint density at radius 3 is 1.89 bits per heavy atom. The molecule has 4 rings (SSSR count). The maximum absolute atomic E-state index is 15.1. The average molecular weight is 533 g/mol. The number of benzene rings is 2. The summed E-state index contributed by atoms with van der Waals surface area (Å²) in [4.78, 5) is 0. The highest BCUT2D eigenvalue weighted by molar-refractivity contribution is 5.33. The molecule has 0 aromatic heterocycles. The SMILES string of the molecule is CCCCCCOc1ccc(CCC2CCC(c3ccc(C4CCC(C)CC4)c(F)c3F)CC2)c(F)c1F. The molecule has 0 N–H and O–H groups in total. The van der Waals surface area contributed by atoms with Gasteiger partial charge in [-0.2, -0.15) is 4.39 Å². The molecule has 0 spiro atoms. The van der Waals surface area contributed by atoms with Gasteiger partial charge in [0.1, 0.15) is 0 Å². The molecule has 0 atom stereocenters. The summed E-state index contributed by atoms with van der Waals surface area (Å²) in [6, 6.07) is 6.83. The normalized spacial score (nSPS) is 23.9. The summed E-state index contributed by atoms with van der Waals surface area (Å²) < 4.78 is 64.8. The van der Waals surface area contributed by atoms with E-state index in [2.05, 4.69) is 13.8 Å². The van der Waals surface area contributed by atoms with E-state index in [0.717, 1.165) is 83.5 Å². The second kappa shape index (κ2) is 13.8. The maximum atomic E-state index is 15.1. The van der Waals surface area contributed by atoms with E-state index in [1.165, 1.54) is 0 Å². The number of unbranched alkanes of at least 4 members (excludes halogenated alkanes) is 3. The zero-order valence-electron chi connectivity index (χ0n) is 23.1. The number of hydrogen-bond donors (Lipinski definition) is 0. The second-order valence-electron chi connectivity index (χ2n) is 11.8. The van der Waals surface area contributed by atoms with Crippen molar-refractivity contribution in [2.24, 2.45) is 11.8 Å². The standard InChI is InChI=1S/C33H44F4O/c1-3-4-5-6-21-38-29-20-17-26(30(34)33(29)37)16-11-23-9-14-25(15-10-23)28-19-18-27(31(35)32(28)36)24-12-7-22(2)8-13-24/h17-20,22-25H,3-16,21H2,1-2H3. The van der Waals surface area contributed by atoms with Gasteiger partial charge < -0.3 is 4.74 Å². The van der Waals surface area contributed by atoms with E-state index in [-0.39, 0.29) is 17.6 Å². The fraction of sp³-hybridized carbons (Fsp3) is 0.636. The molecule has 2 aliphatic carbocycles. The van der Waals surface area contributed by atoms with E-state index in [1.807, 2.05) is 12.1 Å². The van der Waals surface area contributed by atoms with Crippen molar-refractivity contribution in [3.8, 4) is 5.75 Å². The lowest BCUT2D eigenvalue weighted by Gasteiger charge is -2.30. The van der Waals surface area contributed by atoms with E-state index >= 15 is 8.78 Å². The van der Waals surface area contributed by atoms with Crippen LogP contribution in [0, 0.1) is 35.1 Å². The summed E-state index contributed by atoms with van der Waals surface area (Å²) in [5.41, 5.74) is 1.44. The molecule has 2 aromatic rings. The van der Waals surface area contributed by atoms with Crippen LogP contribution in [0.15, 0.2) is 24.3 Å². The van der Waals surface area contributed by atoms with Crippen LogP contribution in [0.4, 0.5) is 17.6 Å². The molecule has 0 amide bonds. The molecule has 38 heavy (non-hydrogen) atoms. The lowest BCUT2D eigenvalue weighted by Crippen LogP contribution is -2.17. The van der Waals surface area contributed by atoms with Gasteiger partial charge in [-0.1, -0.05) is 64.2 Å². The Hall–Kier alpha value is -2.04. The van der Waals surface area contributed by atoms with Crippen LogP contribution in [0.5, 0.6) is 5.75 Å². The molecule has 0 radical (unpaired) electrons. The summed E-state index contributed by atoms with van der Waals surface area (Å²) in [6.07, 6.45) is 12.7. The Labute approximate surface area is 226 Å². The largest absolute Gasteiger partial charge is 0.490 e. The topological polar surface area (TPSA) is 9.23 Å². The van der Waals surface area contributed by atoms with Gasteiger partial charge in [0, 0.05) is 0 Å². The molecule has 1 nitrogen and oxygen atoms in total. The van der Waals surface area contributed by atoms with Crippen LogP contribution >= 0.6 is 0 Å². The monoisotopic (exact) mass is 532 g/mol. The van der Waals surface area contributed by atoms with Crippen molar-refractivity contribution in [1.29, 1.82) is 0 Å². The van der Waals surface area contributed by atoms with Gasteiger partial charge in [-0.3, -0.25) is 0 Å². The Balaban J connectivity index is 1.27. The van der Waals surface area contributed by atoms with Gasteiger partial charge in [0.2, 0.25) is 5.82 Å². The number of ether oxygens (including phenoxy) is 1. The van der Waals surface area contributed by atoms with Crippen LogP contribution in [-0.2, 0) is 6.42 Å². The third-order valence-corrected chi connectivity index (χ3v) is 9.09. The average Bonchev–Trinajstić information content (AvgIpc) is 2.93. The first-order valence-corrected chi connectivity index (χ1v) is 15.0. The molecule has 5 heteroatoms. The van der Waals surface area contributed by atoms with E-state index in [4.69, 9.17) is 4.74 Å². The van der Waals surface area contributed by atoms with Crippen molar-refractivity contribution in [3.05, 3.63) is 64.2 Å². The summed E-state index contributed by atoms with van der Waals surface area (Å²) in [5, 5.41) is 0. The molecule has 0 saturated heterocycles. The molecule has 0 unspecified atom stereocenters. The van der Waals surface area contributed by atoms with Gasteiger partial charge in [-0.05, 0) is 104 Å². The molecule has 210 valence electrons. The molecular weight excluding hydrogens is 488 g/mol. The molecular formula is C33H44F4O. The molecule has 2 saturated carbocycles. The number of aryl methyl sites for hydroxylation is 1. The fourth-order valence-electron chi connectivity index (χ4n) is 6.49. The van der Waals surface area contributed by atoms with Crippen molar-refractivity contribution in [1.82, 2.24) is 0 Å². The van der Waals surface area contributed by atoms with E-state index < -0.39 is 23.3 Å². The Bertz CT molecular complexity index is 1040. The van der Waals surface area contributed by atoms with E-state index in [1.54, 1.807) is 12.1 Å². The highest BCUT2D eigenvalue weighted by Gasteiger charge is 2.29. The van der Waals surface area contributed by atoms with Crippen LogP contribution < -0.4 is 4.74 Å². The fourth-order valence-corrected chi connectivity index (χ4v) is 6.49. The molecule has 0 heterocycles. The molecule has 0 aliphatic heterocycles. The molecule has 0 bridgehead atoms.